The number of aliphatic imine (C=N–C) groups is 1. The van der Waals surface area contributed by atoms with Crippen molar-refractivity contribution in [1.82, 2.24) is 29.8 Å². The van der Waals surface area contributed by atoms with E-state index in [9.17, 15) is 8.42 Å². The summed E-state index contributed by atoms with van der Waals surface area (Å²) in [5.74, 6) is 2.10. The normalized spacial score (nSPS) is 16.4. The molecule has 1 saturated heterocycles. The molecule has 1 fully saturated rings. The molecular weight excluding hydrogens is 410 g/mol. The van der Waals surface area contributed by atoms with Crippen molar-refractivity contribution >= 4 is 16.0 Å². The molecule has 3 rings (SSSR count). The van der Waals surface area contributed by atoms with Gasteiger partial charge in [-0.25, -0.2) is 8.42 Å². The first-order valence-electron chi connectivity index (χ1n) is 10.1. The highest BCUT2D eigenvalue weighted by molar-refractivity contribution is 7.88. The number of hydrogen-bond donors (Lipinski definition) is 1. The van der Waals surface area contributed by atoms with Crippen LogP contribution in [-0.4, -0.2) is 78.1 Å². The second kappa shape index (κ2) is 10.0. The number of nitrogens with zero attached hydrogens (tertiary/aromatic N) is 6. The van der Waals surface area contributed by atoms with Gasteiger partial charge in [0.1, 0.15) is 12.0 Å². The van der Waals surface area contributed by atoms with Crippen LogP contribution in [0.2, 0.25) is 0 Å². The molecule has 2 aromatic rings. The zero-order chi connectivity index (χ0) is 21.6. The Morgan fingerprint density at radius 2 is 2.03 bits per heavy atom. The van der Waals surface area contributed by atoms with E-state index in [2.05, 4.69) is 30.5 Å². The van der Waals surface area contributed by atoms with Crippen molar-refractivity contribution in [3.63, 3.8) is 0 Å². The van der Waals surface area contributed by atoms with E-state index in [0.717, 1.165) is 12.5 Å². The molecule has 0 radical (unpaired) electrons. The molecule has 11 nitrogen and oxygen atoms in total. The van der Waals surface area contributed by atoms with Crippen molar-refractivity contribution in [3.8, 4) is 0 Å². The van der Waals surface area contributed by atoms with E-state index in [4.69, 9.17) is 9.05 Å². The predicted molar refractivity (Wildman–Crippen MR) is 110 cm³/mol. The number of rotatable bonds is 8. The minimum atomic E-state index is -3.43. The Kier molecular flexibility index (Phi) is 7.43. The van der Waals surface area contributed by atoms with Gasteiger partial charge in [0, 0.05) is 51.1 Å². The van der Waals surface area contributed by atoms with Gasteiger partial charge in [0.05, 0.1) is 12.2 Å². The Hall–Kier alpha value is -2.47. The molecule has 0 spiro atoms. The van der Waals surface area contributed by atoms with Gasteiger partial charge in [-0.2, -0.15) is 9.29 Å². The van der Waals surface area contributed by atoms with Crippen LogP contribution in [0.25, 0.3) is 0 Å². The minimum absolute atomic E-state index is 0.153. The molecule has 3 heterocycles. The summed E-state index contributed by atoms with van der Waals surface area (Å²) in [6, 6.07) is 1.57. The Bertz CT molecular complexity index is 916. The zero-order valence-corrected chi connectivity index (χ0v) is 18.4. The molecule has 0 unspecified atom stereocenters. The third-order valence-electron chi connectivity index (χ3n) is 4.68. The smallest absolute Gasteiger partial charge is 0.228 e. The Labute approximate surface area is 176 Å². The van der Waals surface area contributed by atoms with Crippen LogP contribution in [0.3, 0.4) is 0 Å². The summed E-state index contributed by atoms with van der Waals surface area (Å²) in [6.45, 7) is 9.17. The number of nitrogens with one attached hydrogen (secondary N) is 1. The largest absolute Gasteiger partial charge is 0.364 e. The van der Waals surface area contributed by atoms with Crippen LogP contribution in [-0.2, 0) is 22.2 Å². The van der Waals surface area contributed by atoms with E-state index < -0.39 is 10.0 Å². The third-order valence-corrected chi connectivity index (χ3v) is 6.49. The fourth-order valence-electron chi connectivity index (χ4n) is 3.06. The maximum Gasteiger partial charge on any atom is 0.228 e. The van der Waals surface area contributed by atoms with Gasteiger partial charge in [0.15, 0.2) is 11.8 Å². The first-order chi connectivity index (χ1) is 14.4. The van der Waals surface area contributed by atoms with Gasteiger partial charge < -0.3 is 19.3 Å². The molecule has 0 aromatic carbocycles. The summed E-state index contributed by atoms with van der Waals surface area (Å²) in [7, 11) is -3.43. The molecule has 30 heavy (non-hydrogen) atoms. The molecule has 0 amide bonds. The van der Waals surface area contributed by atoms with Crippen molar-refractivity contribution in [3.05, 3.63) is 29.7 Å². The molecule has 1 N–H and O–H groups in total. The molecule has 1 aliphatic heterocycles. The van der Waals surface area contributed by atoms with Gasteiger partial charge in [-0.05, 0) is 6.92 Å². The Balaban J connectivity index is 1.54. The molecule has 0 aliphatic carbocycles. The molecular formula is C18H29N7O4S. The van der Waals surface area contributed by atoms with Crippen LogP contribution in [0, 0.1) is 0 Å². The van der Waals surface area contributed by atoms with Crippen LogP contribution in [0.15, 0.2) is 26.4 Å². The van der Waals surface area contributed by atoms with E-state index in [1.165, 1.54) is 10.6 Å². The summed E-state index contributed by atoms with van der Waals surface area (Å²) >= 11 is 0. The average molecular weight is 440 g/mol. The van der Waals surface area contributed by atoms with Crippen molar-refractivity contribution < 1.29 is 17.5 Å². The lowest BCUT2D eigenvalue weighted by Crippen LogP contribution is -2.54. The monoisotopic (exact) mass is 439 g/mol. The summed E-state index contributed by atoms with van der Waals surface area (Å²) in [4.78, 5) is 11.1. The number of piperazine rings is 1. The van der Waals surface area contributed by atoms with Gasteiger partial charge in [-0.1, -0.05) is 24.2 Å². The molecule has 0 bridgehead atoms. The summed E-state index contributed by atoms with van der Waals surface area (Å²) in [5, 5.41) is 10.9. The molecule has 2 aromatic heterocycles. The van der Waals surface area contributed by atoms with Crippen LogP contribution in [0.4, 0.5) is 0 Å². The summed E-state index contributed by atoms with van der Waals surface area (Å²) in [5.41, 5.74) is 0.411. The lowest BCUT2D eigenvalue weighted by Gasteiger charge is -2.35. The Morgan fingerprint density at radius 3 is 2.63 bits per heavy atom. The van der Waals surface area contributed by atoms with Crippen molar-refractivity contribution in [2.45, 2.75) is 38.9 Å². The zero-order valence-electron chi connectivity index (χ0n) is 17.6. The van der Waals surface area contributed by atoms with Gasteiger partial charge in [-0.15, -0.1) is 0 Å². The summed E-state index contributed by atoms with van der Waals surface area (Å²) < 4.78 is 36.7. The number of aromatic nitrogens is 3. The van der Waals surface area contributed by atoms with E-state index in [1.807, 2.05) is 20.8 Å². The maximum atomic E-state index is 12.6. The van der Waals surface area contributed by atoms with E-state index in [0.29, 0.717) is 56.6 Å². The van der Waals surface area contributed by atoms with Gasteiger partial charge in [0.2, 0.25) is 15.9 Å². The maximum absolute atomic E-state index is 12.6. The first kappa shape index (κ1) is 22.2. The van der Waals surface area contributed by atoms with Crippen LogP contribution >= 0.6 is 0 Å². The fourth-order valence-corrected chi connectivity index (χ4v) is 4.48. The standard InChI is InChI=1S/C18H29N7O4S/c1-4-19-18(20-7-5-16-21-17(14(2)3)23-29-16)24-8-10-25(11-9-24)30(26,27)13-15-6-12-28-22-15/h6,12,14H,4-5,7-11,13H2,1-3H3,(H,19,20). The molecule has 12 heteroatoms. The van der Waals surface area contributed by atoms with Crippen molar-refractivity contribution in [2.75, 3.05) is 39.3 Å². The first-order valence-corrected chi connectivity index (χ1v) is 11.7. The number of sulfonamides is 1. The molecule has 166 valence electrons. The van der Waals surface area contributed by atoms with Crippen LogP contribution in [0.5, 0.6) is 0 Å². The second-order valence-corrected chi connectivity index (χ2v) is 9.29. The van der Waals surface area contributed by atoms with Gasteiger partial charge in [0.25, 0.3) is 0 Å². The van der Waals surface area contributed by atoms with E-state index in [-0.39, 0.29) is 11.7 Å². The second-order valence-electron chi connectivity index (χ2n) is 7.32. The van der Waals surface area contributed by atoms with Crippen molar-refractivity contribution in [1.29, 1.82) is 0 Å². The summed E-state index contributed by atoms with van der Waals surface area (Å²) in [6.07, 6.45) is 1.93. The van der Waals surface area contributed by atoms with Crippen LogP contribution < -0.4 is 5.32 Å². The minimum Gasteiger partial charge on any atom is -0.364 e. The molecule has 0 atom stereocenters. The highest BCUT2D eigenvalue weighted by Gasteiger charge is 2.29. The highest BCUT2D eigenvalue weighted by Crippen LogP contribution is 2.13. The SMILES string of the molecule is CCNC(=NCCc1nc(C(C)C)no1)N1CCN(S(=O)(=O)Cc2ccon2)CC1. The average Bonchev–Trinajstić information content (AvgIpc) is 3.39. The lowest BCUT2D eigenvalue weighted by molar-refractivity contribution is 0.259. The van der Waals surface area contributed by atoms with E-state index in [1.54, 1.807) is 6.07 Å². The predicted octanol–water partition coefficient (Wildman–Crippen LogP) is 0.837. The number of hydrogen-bond acceptors (Lipinski definition) is 8. The van der Waals surface area contributed by atoms with Gasteiger partial charge in [-0.3, -0.25) is 4.99 Å². The van der Waals surface area contributed by atoms with Crippen molar-refractivity contribution in [2.24, 2.45) is 4.99 Å². The topological polar surface area (TPSA) is 130 Å². The third kappa shape index (κ3) is 5.79. The van der Waals surface area contributed by atoms with E-state index >= 15 is 0 Å². The fraction of sp³-hybridized carbons (Fsp3) is 0.667. The lowest BCUT2D eigenvalue weighted by atomic mass is 10.2. The number of guanidine groups is 1. The highest BCUT2D eigenvalue weighted by atomic mass is 32.2. The van der Waals surface area contributed by atoms with Gasteiger partial charge >= 0.3 is 0 Å². The quantitative estimate of drug-likeness (QED) is 0.469. The molecule has 0 saturated carbocycles. The Morgan fingerprint density at radius 1 is 1.27 bits per heavy atom. The molecule has 1 aliphatic rings. The van der Waals surface area contributed by atoms with Crippen LogP contribution in [0.1, 0.15) is 44.1 Å².